The van der Waals surface area contributed by atoms with E-state index in [4.69, 9.17) is 11.6 Å². The SMILES string of the molecule is CN1CCN(c2cc(C(F)(F)F)nc(Cl)n2)CC1(C)C. The standard InChI is InChI=1S/C12H16ClF3N4/c1-11(2)7-20(5-4-19(11)3)9-6-8(12(14,15)16)17-10(13)18-9/h6H,4-5,7H2,1-3H3. The normalized spacial score (nSPS) is 20.2. The lowest BCUT2D eigenvalue weighted by molar-refractivity contribution is -0.141. The fourth-order valence-corrected chi connectivity index (χ4v) is 2.33. The molecule has 0 bridgehead atoms. The minimum atomic E-state index is -4.52. The first-order chi connectivity index (χ1) is 9.09. The number of piperazine rings is 1. The van der Waals surface area contributed by atoms with Gasteiger partial charge in [0.25, 0.3) is 0 Å². The van der Waals surface area contributed by atoms with Crippen molar-refractivity contribution >= 4 is 17.4 Å². The Kier molecular flexibility index (Phi) is 3.85. The molecule has 112 valence electrons. The number of hydrogen-bond acceptors (Lipinski definition) is 4. The van der Waals surface area contributed by atoms with E-state index >= 15 is 0 Å². The van der Waals surface area contributed by atoms with Crippen molar-refractivity contribution in [3.05, 3.63) is 17.0 Å². The van der Waals surface area contributed by atoms with Crippen molar-refractivity contribution in [3.8, 4) is 0 Å². The lowest BCUT2D eigenvalue weighted by Gasteiger charge is -2.45. The van der Waals surface area contributed by atoms with Crippen molar-refractivity contribution in [2.45, 2.75) is 25.6 Å². The Morgan fingerprint density at radius 1 is 1.25 bits per heavy atom. The molecule has 0 aliphatic carbocycles. The van der Waals surface area contributed by atoms with E-state index in [9.17, 15) is 13.2 Å². The van der Waals surface area contributed by atoms with Crippen LogP contribution in [-0.2, 0) is 6.18 Å². The fourth-order valence-electron chi connectivity index (χ4n) is 2.15. The fraction of sp³-hybridized carbons (Fsp3) is 0.667. The lowest BCUT2D eigenvalue weighted by Crippen LogP contribution is -2.57. The van der Waals surface area contributed by atoms with Crippen molar-refractivity contribution in [3.63, 3.8) is 0 Å². The molecule has 2 rings (SSSR count). The van der Waals surface area contributed by atoms with Gasteiger partial charge in [-0.1, -0.05) is 0 Å². The van der Waals surface area contributed by atoms with Crippen LogP contribution in [0.15, 0.2) is 6.07 Å². The van der Waals surface area contributed by atoms with E-state index < -0.39 is 11.9 Å². The van der Waals surface area contributed by atoms with Crippen LogP contribution in [-0.4, -0.2) is 47.1 Å². The summed E-state index contributed by atoms with van der Waals surface area (Å²) in [4.78, 5) is 11.1. The third kappa shape index (κ3) is 3.15. The van der Waals surface area contributed by atoms with Crippen molar-refractivity contribution in [1.82, 2.24) is 14.9 Å². The van der Waals surface area contributed by atoms with E-state index in [-0.39, 0.29) is 16.6 Å². The number of likely N-dealkylation sites (N-methyl/N-ethyl adjacent to an activating group) is 1. The van der Waals surface area contributed by atoms with Crippen LogP contribution in [0.3, 0.4) is 0 Å². The van der Waals surface area contributed by atoms with Gasteiger partial charge in [-0.15, -0.1) is 0 Å². The van der Waals surface area contributed by atoms with Gasteiger partial charge in [0, 0.05) is 31.2 Å². The number of aromatic nitrogens is 2. The highest BCUT2D eigenvalue weighted by atomic mass is 35.5. The average molecular weight is 309 g/mol. The van der Waals surface area contributed by atoms with Crippen LogP contribution in [0.1, 0.15) is 19.5 Å². The summed E-state index contributed by atoms with van der Waals surface area (Å²) in [6.45, 7) is 5.99. The van der Waals surface area contributed by atoms with Gasteiger partial charge in [0.15, 0.2) is 5.69 Å². The molecule has 2 heterocycles. The van der Waals surface area contributed by atoms with E-state index in [1.807, 2.05) is 25.8 Å². The molecule has 20 heavy (non-hydrogen) atoms. The Bertz CT molecular complexity index is 504. The maximum absolute atomic E-state index is 12.8. The zero-order valence-corrected chi connectivity index (χ0v) is 12.3. The van der Waals surface area contributed by atoms with Crippen molar-refractivity contribution < 1.29 is 13.2 Å². The van der Waals surface area contributed by atoms with Gasteiger partial charge < -0.3 is 4.90 Å². The summed E-state index contributed by atoms with van der Waals surface area (Å²) >= 11 is 5.62. The maximum atomic E-state index is 12.8. The monoisotopic (exact) mass is 308 g/mol. The summed E-state index contributed by atoms with van der Waals surface area (Å²) < 4.78 is 38.3. The Hall–Kier alpha value is -1.08. The molecule has 1 fully saturated rings. The Morgan fingerprint density at radius 3 is 2.45 bits per heavy atom. The zero-order chi connectivity index (χ0) is 15.1. The maximum Gasteiger partial charge on any atom is 0.433 e. The summed E-state index contributed by atoms with van der Waals surface area (Å²) in [6, 6.07) is 0.952. The first kappa shape index (κ1) is 15.3. The smallest absolute Gasteiger partial charge is 0.353 e. The lowest BCUT2D eigenvalue weighted by atomic mass is 10.00. The quantitative estimate of drug-likeness (QED) is 0.747. The molecule has 1 aliphatic heterocycles. The molecule has 0 N–H and O–H groups in total. The Labute approximate surface area is 120 Å². The number of halogens is 4. The predicted molar refractivity (Wildman–Crippen MR) is 71.0 cm³/mol. The van der Waals surface area contributed by atoms with Crippen molar-refractivity contribution in [2.24, 2.45) is 0 Å². The molecular formula is C12H16ClF3N4. The molecule has 1 aromatic rings. The number of hydrogen-bond donors (Lipinski definition) is 0. The molecular weight excluding hydrogens is 293 g/mol. The zero-order valence-electron chi connectivity index (χ0n) is 11.5. The Balaban J connectivity index is 2.32. The van der Waals surface area contributed by atoms with Gasteiger partial charge in [-0.05, 0) is 32.5 Å². The highest BCUT2D eigenvalue weighted by Crippen LogP contribution is 2.31. The summed E-state index contributed by atoms with van der Waals surface area (Å²) in [5.41, 5.74) is -1.15. The highest BCUT2D eigenvalue weighted by Gasteiger charge is 2.36. The second-order valence-electron chi connectivity index (χ2n) is 5.53. The minimum absolute atomic E-state index is 0.145. The summed E-state index contributed by atoms with van der Waals surface area (Å²) in [7, 11) is 1.99. The van der Waals surface area contributed by atoms with E-state index in [2.05, 4.69) is 14.9 Å². The Morgan fingerprint density at radius 2 is 1.90 bits per heavy atom. The third-order valence-electron chi connectivity index (χ3n) is 3.62. The van der Waals surface area contributed by atoms with Crippen LogP contribution < -0.4 is 4.90 Å². The van der Waals surface area contributed by atoms with Crippen LogP contribution in [0.25, 0.3) is 0 Å². The predicted octanol–water partition coefficient (Wildman–Crippen LogP) is 2.68. The number of alkyl halides is 3. The average Bonchev–Trinajstić information content (AvgIpc) is 2.30. The molecule has 0 radical (unpaired) electrons. The van der Waals surface area contributed by atoms with E-state index in [1.54, 1.807) is 0 Å². The summed E-state index contributed by atoms with van der Waals surface area (Å²) in [6.07, 6.45) is -4.52. The van der Waals surface area contributed by atoms with Gasteiger partial charge in [-0.2, -0.15) is 13.2 Å². The highest BCUT2D eigenvalue weighted by molar-refractivity contribution is 6.28. The molecule has 8 heteroatoms. The van der Waals surface area contributed by atoms with Crippen molar-refractivity contribution in [1.29, 1.82) is 0 Å². The van der Waals surface area contributed by atoms with Crippen LogP contribution in [0, 0.1) is 0 Å². The first-order valence-electron chi connectivity index (χ1n) is 6.17. The molecule has 0 unspecified atom stereocenters. The van der Waals surface area contributed by atoms with Crippen LogP contribution in [0.2, 0.25) is 5.28 Å². The van der Waals surface area contributed by atoms with Gasteiger partial charge >= 0.3 is 6.18 Å². The second kappa shape index (κ2) is 5.04. The molecule has 0 spiro atoms. The second-order valence-corrected chi connectivity index (χ2v) is 5.87. The van der Waals surface area contributed by atoms with Gasteiger partial charge in [0.2, 0.25) is 5.28 Å². The molecule has 0 amide bonds. The molecule has 0 atom stereocenters. The van der Waals surface area contributed by atoms with Gasteiger partial charge in [0.1, 0.15) is 5.82 Å². The number of nitrogens with zero attached hydrogens (tertiary/aromatic N) is 4. The molecule has 1 saturated heterocycles. The van der Waals surface area contributed by atoms with Gasteiger partial charge in [0.05, 0.1) is 0 Å². The number of anilines is 1. The van der Waals surface area contributed by atoms with E-state index in [1.165, 1.54) is 0 Å². The summed E-state index contributed by atoms with van der Waals surface area (Å²) in [5.74, 6) is 0.221. The largest absolute Gasteiger partial charge is 0.433 e. The number of rotatable bonds is 1. The van der Waals surface area contributed by atoms with Crippen molar-refractivity contribution in [2.75, 3.05) is 31.6 Å². The third-order valence-corrected chi connectivity index (χ3v) is 3.79. The van der Waals surface area contributed by atoms with E-state index in [0.29, 0.717) is 13.1 Å². The van der Waals surface area contributed by atoms with Gasteiger partial charge in [-0.3, -0.25) is 4.90 Å². The molecule has 4 nitrogen and oxygen atoms in total. The van der Waals surface area contributed by atoms with Crippen LogP contribution in [0.5, 0.6) is 0 Å². The molecule has 1 aliphatic rings. The minimum Gasteiger partial charge on any atom is -0.353 e. The molecule has 0 saturated carbocycles. The van der Waals surface area contributed by atoms with Crippen LogP contribution in [0.4, 0.5) is 19.0 Å². The first-order valence-corrected chi connectivity index (χ1v) is 6.55. The van der Waals surface area contributed by atoms with Crippen LogP contribution >= 0.6 is 11.6 Å². The van der Waals surface area contributed by atoms with Gasteiger partial charge in [-0.25, -0.2) is 9.97 Å². The summed E-state index contributed by atoms with van der Waals surface area (Å²) in [5, 5.41) is -0.383. The molecule has 0 aromatic carbocycles. The molecule has 1 aromatic heterocycles. The topological polar surface area (TPSA) is 32.3 Å². The van der Waals surface area contributed by atoms with E-state index in [0.717, 1.165) is 12.6 Å².